The maximum atomic E-state index is 13.4. The van der Waals surface area contributed by atoms with Crippen molar-refractivity contribution in [3.05, 3.63) is 57.8 Å². The number of nitrogen functional groups attached to an aromatic ring is 1. The lowest BCUT2D eigenvalue weighted by Gasteiger charge is -2.22. The standard InChI is InChI=1S/C16H16BrFN2O/c1-3-20(13-6-4-5-12(18)9-13)16(21)14-7-11(17)8-15(19)10(14)2/h4-9H,3,19H2,1-2H3. The van der Waals surface area contributed by atoms with E-state index < -0.39 is 0 Å². The van der Waals surface area contributed by atoms with Gasteiger partial charge in [0.15, 0.2) is 0 Å². The molecule has 2 aromatic rings. The van der Waals surface area contributed by atoms with Gasteiger partial charge in [0, 0.05) is 28.0 Å². The van der Waals surface area contributed by atoms with Crippen molar-refractivity contribution in [1.29, 1.82) is 0 Å². The molecule has 2 rings (SSSR count). The number of hydrogen-bond donors (Lipinski definition) is 1. The number of rotatable bonds is 3. The Bertz CT molecular complexity index is 688. The van der Waals surface area contributed by atoms with Crippen molar-refractivity contribution >= 4 is 33.2 Å². The minimum absolute atomic E-state index is 0.200. The largest absolute Gasteiger partial charge is 0.398 e. The maximum absolute atomic E-state index is 13.4. The summed E-state index contributed by atoms with van der Waals surface area (Å²) in [6.45, 7) is 4.09. The van der Waals surface area contributed by atoms with Crippen molar-refractivity contribution in [2.45, 2.75) is 13.8 Å². The third-order valence-electron chi connectivity index (χ3n) is 3.32. The van der Waals surface area contributed by atoms with Crippen LogP contribution in [0.2, 0.25) is 0 Å². The van der Waals surface area contributed by atoms with E-state index in [1.807, 2.05) is 6.92 Å². The van der Waals surface area contributed by atoms with Gasteiger partial charge in [-0.15, -0.1) is 0 Å². The molecule has 0 heterocycles. The van der Waals surface area contributed by atoms with Crippen LogP contribution < -0.4 is 10.6 Å². The number of benzene rings is 2. The summed E-state index contributed by atoms with van der Waals surface area (Å²) in [6.07, 6.45) is 0. The predicted octanol–water partition coefficient (Wildman–Crippen LogP) is 4.15. The molecule has 0 spiro atoms. The summed E-state index contributed by atoms with van der Waals surface area (Å²) in [5.41, 5.74) is 8.20. The second kappa shape index (κ2) is 6.26. The fourth-order valence-electron chi connectivity index (χ4n) is 2.16. The zero-order valence-corrected chi connectivity index (χ0v) is 13.4. The van der Waals surface area contributed by atoms with Crippen LogP contribution in [-0.2, 0) is 0 Å². The van der Waals surface area contributed by atoms with Crippen LogP contribution in [0.3, 0.4) is 0 Å². The monoisotopic (exact) mass is 350 g/mol. The van der Waals surface area contributed by atoms with Crippen LogP contribution in [0.1, 0.15) is 22.8 Å². The molecule has 2 aromatic carbocycles. The summed E-state index contributed by atoms with van der Waals surface area (Å²) < 4.78 is 14.1. The van der Waals surface area contributed by atoms with E-state index in [-0.39, 0.29) is 11.7 Å². The third kappa shape index (κ3) is 3.24. The Morgan fingerprint density at radius 3 is 2.67 bits per heavy atom. The molecule has 0 fully saturated rings. The number of amides is 1. The van der Waals surface area contributed by atoms with Crippen LogP contribution in [0.15, 0.2) is 40.9 Å². The molecular weight excluding hydrogens is 335 g/mol. The summed E-state index contributed by atoms with van der Waals surface area (Å²) in [4.78, 5) is 14.3. The Kier molecular flexibility index (Phi) is 4.63. The van der Waals surface area contributed by atoms with E-state index in [0.29, 0.717) is 23.5 Å². The van der Waals surface area contributed by atoms with E-state index in [2.05, 4.69) is 15.9 Å². The van der Waals surface area contributed by atoms with Gasteiger partial charge >= 0.3 is 0 Å². The molecule has 0 bridgehead atoms. The highest BCUT2D eigenvalue weighted by atomic mass is 79.9. The minimum Gasteiger partial charge on any atom is -0.398 e. The van der Waals surface area contributed by atoms with Gasteiger partial charge in [-0.05, 0) is 49.7 Å². The first-order valence-corrected chi connectivity index (χ1v) is 7.36. The van der Waals surface area contributed by atoms with Crippen molar-refractivity contribution in [3.8, 4) is 0 Å². The van der Waals surface area contributed by atoms with Crippen LogP contribution in [0.5, 0.6) is 0 Å². The Labute approximate surface area is 131 Å². The van der Waals surface area contributed by atoms with Crippen molar-refractivity contribution in [1.82, 2.24) is 0 Å². The van der Waals surface area contributed by atoms with Gasteiger partial charge in [-0.25, -0.2) is 4.39 Å². The summed E-state index contributed by atoms with van der Waals surface area (Å²) in [6, 6.07) is 9.48. The lowest BCUT2D eigenvalue weighted by molar-refractivity contribution is 0.0987. The molecule has 0 aliphatic heterocycles. The van der Waals surface area contributed by atoms with E-state index in [4.69, 9.17) is 5.73 Å². The fraction of sp³-hybridized carbons (Fsp3) is 0.188. The second-order valence-corrected chi connectivity index (χ2v) is 5.61. The zero-order chi connectivity index (χ0) is 15.6. The van der Waals surface area contributed by atoms with E-state index in [9.17, 15) is 9.18 Å². The molecule has 3 nitrogen and oxygen atoms in total. The smallest absolute Gasteiger partial charge is 0.258 e. The highest BCUT2D eigenvalue weighted by molar-refractivity contribution is 9.10. The van der Waals surface area contributed by atoms with Crippen LogP contribution >= 0.6 is 15.9 Å². The number of carbonyl (C=O) groups is 1. The second-order valence-electron chi connectivity index (χ2n) is 4.70. The number of nitrogens with two attached hydrogens (primary N) is 1. The Morgan fingerprint density at radius 2 is 2.05 bits per heavy atom. The van der Waals surface area contributed by atoms with Crippen LogP contribution in [0.25, 0.3) is 0 Å². The highest BCUT2D eigenvalue weighted by Crippen LogP contribution is 2.26. The first-order valence-electron chi connectivity index (χ1n) is 6.57. The molecule has 0 aliphatic carbocycles. The topological polar surface area (TPSA) is 46.3 Å². The lowest BCUT2D eigenvalue weighted by atomic mass is 10.1. The molecule has 110 valence electrons. The molecule has 5 heteroatoms. The Hall–Kier alpha value is -1.88. The Morgan fingerprint density at radius 1 is 1.33 bits per heavy atom. The van der Waals surface area contributed by atoms with Crippen LogP contribution in [0.4, 0.5) is 15.8 Å². The van der Waals surface area contributed by atoms with Gasteiger partial charge in [0.25, 0.3) is 5.91 Å². The summed E-state index contributed by atoms with van der Waals surface area (Å²) >= 11 is 3.34. The predicted molar refractivity (Wildman–Crippen MR) is 87.0 cm³/mol. The van der Waals surface area contributed by atoms with Gasteiger partial charge < -0.3 is 10.6 Å². The number of hydrogen-bond acceptors (Lipinski definition) is 2. The molecular formula is C16H16BrFN2O. The SMILES string of the molecule is CCN(C(=O)c1cc(Br)cc(N)c1C)c1cccc(F)c1. The first-order chi connectivity index (χ1) is 9.93. The molecule has 0 atom stereocenters. The third-order valence-corrected chi connectivity index (χ3v) is 3.78. The van der Waals surface area contributed by atoms with E-state index in [1.165, 1.54) is 17.0 Å². The quantitative estimate of drug-likeness (QED) is 0.845. The van der Waals surface area contributed by atoms with Gasteiger partial charge in [0.1, 0.15) is 5.82 Å². The van der Waals surface area contributed by atoms with E-state index in [0.717, 1.165) is 10.0 Å². The lowest BCUT2D eigenvalue weighted by Crippen LogP contribution is -2.31. The highest BCUT2D eigenvalue weighted by Gasteiger charge is 2.20. The summed E-state index contributed by atoms with van der Waals surface area (Å²) in [7, 11) is 0. The average molecular weight is 351 g/mol. The molecule has 0 radical (unpaired) electrons. The number of nitrogens with zero attached hydrogens (tertiary/aromatic N) is 1. The minimum atomic E-state index is -0.371. The van der Waals surface area contributed by atoms with Gasteiger partial charge in [-0.1, -0.05) is 22.0 Å². The fourth-order valence-corrected chi connectivity index (χ4v) is 2.63. The number of anilines is 2. The zero-order valence-electron chi connectivity index (χ0n) is 11.9. The van der Waals surface area contributed by atoms with Gasteiger partial charge in [0.05, 0.1) is 0 Å². The molecule has 0 aromatic heterocycles. The van der Waals surface area contributed by atoms with E-state index >= 15 is 0 Å². The van der Waals surface area contributed by atoms with Crippen molar-refractivity contribution in [2.24, 2.45) is 0 Å². The average Bonchev–Trinajstić information content (AvgIpc) is 2.43. The van der Waals surface area contributed by atoms with Gasteiger partial charge in [0.2, 0.25) is 0 Å². The summed E-state index contributed by atoms with van der Waals surface area (Å²) in [5.74, 6) is -0.571. The number of carbonyl (C=O) groups excluding carboxylic acids is 1. The van der Waals surface area contributed by atoms with Crippen LogP contribution in [-0.4, -0.2) is 12.5 Å². The number of halogens is 2. The molecule has 2 N–H and O–H groups in total. The van der Waals surface area contributed by atoms with Crippen molar-refractivity contribution in [2.75, 3.05) is 17.2 Å². The maximum Gasteiger partial charge on any atom is 0.258 e. The van der Waals surface area contributed by atoms with E-state index in [1.54, 1.807) is 31.2 Å². The van der Waals surface area contributed by atoms with Crippen molar-refractivity contribution in [3.63, 3.8) is 0 Å². The van der Waals surface area contributed by atoms with Crippen LogP contribution in [0, 0.1) is 12.7 Å². The molecule has 1 amide bonds. The molecule has 0 saturated heterocycles. The molecule has 0 unspecified atom stereocenters. The van der Waals surface area contributed by atoms with Crippen molar-refractivity contribution < 1.29 is 9.18 Å². The molecule has 21 heavy (non-hydrogen) atoms. The summed E-state index contributed by atoms with van der Waals surface area (Å²) in [5, 5.41) is 0. The molecule has 0 saturated carbocycles. The van der Waals surface area contributed by atoms with Gasteiger partial charge in [-0.2, -0.15) is 0 Å². The normalized spacial score (nSPS) is 10.5. The molecule has 0 aliphatic rings. The first kappa shape index (κ1) is 15.5. The van der Waals surface area contributed by atoms with Gasteiger partial charge in [-0.3, -0.25) is 4.79 Å². The Balaban J connectivity index is 2.46.